The van der Waals surface area contributed by atoms with E-state index in [1.165, 1.54) is 12.1 Å². The van der Waals surface area contributed by atoms with Crippen LogP contribution in [0.1, 0.15) is 72.6 Å². The lowest BCUT2D eigenvalue weighted by molar-refractivity contribution is 0.319. The van der Waals surface area contributed by atoms with Gasteiger partial charge in [-0.05, 0) is 36.5 Å². The maximum absolute atomic E-state index is 14.1. The maximum atomic E-state index is 14.1. The number of aromatic hydroxyl groups is 2. The van der Waals surface area contributed by atoms with Crippen LogP contribution in [0.15, 0.2) is 23.0 Å². The molecule has 4 N–H and O–H groups in total. The highest BCUT2D eigenvalue weighted by atomic mass is 32.2. The zero-order chi connectivity index (χ0) is 28.0. The first-order chi connectivity index (χ1) is 16.9. The molecular formula is C25H39N4O6PS. The minimum Gasteiger partial charge on any atom is -0.505 e. The van der Waals surface area contributed by atoms with E-state index in [4.69, 9.17) is 4.52 Å². The molecule has 37 heavy (non-hydrogen) atoms. The SMILES string of the molecule is CCCOP1(=O)N=C(c2c(O)c(C(C)(C)C)n(CCC(C)(C)C)c2O)Nc2ccc(NS(C)(=O)=O)cc21. The summed E-state index contributed by atoms with van der Waals surface area (Å²) in [6, 6.07) is 4.51. The predicted molar refractivity (Wildman–Crippen MR) is 149 cm³/mol. The van der Waals surface area contributed by atoms with E-state index in [1.54, 1.807) is 10.6 Å². The van der Waals surface area contributed by atoms with Crippen LogP contribution in [-0.2, 0) is 31.1 Å². The number of benzene rings is 1. The van der Waals surface area contributed by atoms with Crippen molar-refractivity contribution in [3.05, 3.63) is 29.5 Å². The minimum absolute atomic E-state index is 0.0113. The van der Waals surface area contributed by atoms with Crippen LogP contribution in [0.25, 0.3) is 0 Å². The Bertz CT molecular complexity index is 1370. The van der Waals surface area contributed by atoms with E-state index in [9.17, 15) is 23.2 Å². The molecule has 0 saturated carbocycles. The molecular weight excluding hydrogens is 515 g/mol. The fraction of sp³-hybridized carbons (Fsp3) is 0.560. The van der Waals surface area contributed by atoms with Gasteiger partial charge in [-0.3, -0.25) is 9.29 Å². The standard InChI is InChI=1S/C25H39N4O6PS/c1-9-14-35-36(32)18-15-16(28-37(8,33)34)10-11-17(18)26-22(27-36)19-20(30)21(25(5,6)7)29(23(19)31)13-12-24(2,3)4/h10-11,15,28,30-31H,9,12-14H2,1-8H3,(H,26,27,32). The van der Waals surface area contributed by atoms with Crippen molar-refractivity contribution in [2.24, 2.45) is 10.2 Å². The number of nitrogens with zero attached hydrogens (tertiary/aromatic N) is 2. The van der Waals surface area contributed by atoms with Gasteiger partial charge >= 0.3 is 7.52 Å². The monoisotopic (exact) mass is 554 g/mol. The Labute approximate surface area is 219 Å². The molecule has 1 aromatic heterocycles. The van der Waals surface area contributed by atoms with Gasteiger partial charge in [-0.1, -0.05) is 48.5 Å². The number of nitrogens with one attached hydrogen (secondary N) is 2. The first-order valence-corrected chi connectivity index (χ1v) is 15.7. The van der Waals surface area contributed by atoms with Crippen molar-refractivity contribution in [3.8, 4) is 11.6 Å². The van der Waals surface area contributed by atoms with Gasteiger partial charge in [0.15, 0.2) is 11.6 Å². The quantitative estimate of drug-likeness (QED) is 0.332. The van der Waals surface area contributed by atoms with E-state index >= 15 is 0 Å². The van der Waals surface area contributed by atoms with Crippen molar-refractivity contribution in [2.45, 2.75) is 73.3 Å². The van der Waals surface area contributed by atoms with Crippen molar-refractivity contribution in [1.29, 1.82) is 0 Å². The normalized spacial score (nSPS) is 18.2. The molecule has 0 radical (unpaired) electrons. The van der Waals surface area contributed by atoms with Gasteiger partial charge in [-0.15, -0.1) is 0 Å². The van der Waals surface area contributed by atoms with E-state index in [2.05, 4.69) is 35.6 Å². The highest BCUT2D eigenvalue weighted by Crippen LogP contribution is 2.54. The summed E-state index contributed by atoms with van der Waals surface area (Å²) in [5.74, 6) is -0.310. The number of hydrogen-bond acceptors (Lipinski definition) is 7. The van der Waals surface area contributed by atoms with Crippen LogP contribution >= 0.6 is 7.52 Å². The Morgan fingerprint density at radius 2 is 1.81 bits per heavy atom. The minimum atomic E-state index is -3.90. The van der Waals surface area contributed by atoms with Crippen molar-refractivity contribution in [1.82, 2.24) is 4.57 Å². The molecule has 1 aliphatic rings. The number of amidine groups is 1. The largest absolute Gasteiger partial charge is 0.505 e. The summed E-state index contributed by atoms with van der Waals surface area (Å²) >= 11 is 0. The Morgan fingerprint density at radius 1 is 1.16 bits per heavy atom. The molecule has 3 rings (SSSR count). The van der Waals surface area contributed by atoms with Gasteiger partial charge in [0.05, 0.1) is 29.5 Å². The van der Waals surface area contributed by atoms with Gasteiger partial charge in [-0.2, -0.15) is 4.76 Å². The molecule has 0 saturated heterocycles. The Hall–Kier alpha value is -2.49. The summed E-state index contributed by atoms with van der Waals surface area (Å²) in [4.78, 5) is 0. The Morgan fingerprint density at radius 3 is 2.35 bits per heavy atom. The van der Waals surface area contributed by atoms with Crippen LogP contribution in [-0.4, -0.2) is 41.9 Å². The van der Waals surface area contributed by atoms with Gasteiger partial charge < -0.3 is 24.6 Å². The first kappa shape index (κ1) is 29.1. The predicted octanol–water partition coefficient (Wildman–Crippen LogP) is 5.12. The summed E-state index contributed by atoms with van der Waals surface area (Å²) in [6.07, 6.45) is 2.34. The zero-order valence-electron chi connectivity index (χ0n) is 22.8. The average molecular weight is 555 g/mol. The van der Waals surface area contributed by atoms with Gasteiger partial charge in [0, 0.05) is 17.6 Å². The first-order valence-electron chi connectivity index (χ1n) is 12.3. The summed E-state index contributed by atoms with van der Waals surface area (Å²) in [6.45, 7) is 14.6. The average Bonchev–Trinajstić information content (AvgIpc) is 2.99. The number of sulfonamides is 1. The van der Waals surface area contributed by atoms with Crippen LogP contribution in [0.3, 0.4) is 0 Å². The molecule has 10 nitrogen and oxygen atoms in total. The molecule has 0 bridgehead atoms. The number of aromatic nitrogens is 1. The molecule has 1 unspecified atom stereocenters. The zero-order valence-corrected chi connectivity index (χ0v) is 24.5. The summed E-state index contributed by atoms with van der Waals surface area (Å²) in [5.41, 5.74) is 0.653. The Kier molecular flexibility index (Phi) is 7.86. The molecule has 2 aromatic rings. The van der Waals surface area contributed by atoms with E-state index < -0.39 is 23.0 Å². The van der Waals surface area contributed by atoms with E-state index in [0.29, 0.717) is 24.3 Å². The molecule has 1 aliphatic heterocycles. The third kappa shape index (κ3) is 6.51. The van der Waals surface area contributed by atoms with Gasteiger partial charge in [0.25, 0.3) is 0 Å². The fourth-order valence-corrected chi connectivity index (χ4v) is 6.59. The van der Waals surface area contributed by atoms with Gasteiger partial charge in [0.1, 0.15) is 5.56 Å². The fourth-order valence-electron chi connectivity index (χ4n) is 4.15. The van der Waals surface area contributed by atoms with Crippen LogP contribution in [0.4, 0.5) is 11.4 Å². The third-order valence-corrected chi connectivity index (χ3v) is 8.38. The third-order valence-electron chi connectivity index (χ3n) is 5.80. The number of hydrogen-bond donors (Lipinski definition) is 4. The lowest BCUT2D eigenvalue weighted by Gasteiger charge is -2.25. The van der Waals surface area contributed by atoms with Crippen LogP contribution in [0.2, 0.25) is 0 Å². The lowest BCUT2D eigenvalue weighted by Crippen LogP contribution is -2.26. The Balaban J connectivity index is 2.20. The summed E-state index contributed by atoms with van der Waals surface area (Å²) in [7, 11) is -7.46. The second kappa shape index (κ2) is 10.0. The van der Waals surface area contributed by atoms with Gasteiger partial charge in [-0.25, -0.2) is 8.42 Å². The van der Waals surface area contributed by atoms with Crippen molar-refractivity contribution in [3.63, 3.8) is 0 Å². The van der Waals surface area contributed by atoms with Crippen LogP contribution < -0.4 is 15.3 Å². The molecule has 2 heterocycles. The van der Waals surface area contributed by atoms with Crippen LogP contribution in [0, 0.1) is 5.41 Å². The van der Waals surface area contributed by atoms with Crippen LogP contribution in [0.5, 0.6) is 11.6 Å². The smallest absolute Gasteiger partial charge is 0.348 e. The number of fused-ring (bicyclic) bond motifs is 1. The van der Waals surface area contributed by atoms with E-state index in [-0.39, 0.29) is 46.0 Å². The lowest BCUT2D eigenvalue weighted by atomic mass is 9.89. The second-order valence-corrected chi connectivity index (χ2v) is 15.4. The van der Waals surface area contributed by atoms with Crippen molar-refractivity contribution in [2.75, 3.05) is 22.9 Å². The number of anilines is 2. The molecule has 0 aliphatic carbocycles. The maximum Gasteiger partial charge on any atom is 0.348 e. The van der Waals surface area contributed by atoms with E-state index in [1.807, 2.05) is 27.7 Å². The molecule has 206 valence electrons. The summed E-state index contributed by atoms with van der Waals surface area (Å²) < 4.78 is 51.8. The topological polar surface area (TPSA) is 142 Å². The number of rotatable bonds is 8. The molecule has 0 spiro atoms. The molecule has 0 fully saturated rings. The van der Waals surface area contributed by atoms with Gasteiger partial charge in [0.2, 0.25) is 15.9 Å². The molecule has 1 aromatic carbocycles. The van der Waals surface area contributed by atoms with E-state index in [0.717, 1.165) is 12.7 Å². The van der Waals surface area contributed by atoms with Crippen molar-refractivity contribution >= 4 is 40.1 Å². The summed E-state index contributed by atoms with van der Waals surface area (Å²) in [5, 5.41) is 26.0. The molecule has 0 amide bonds. The van der Waals surface area contributed by atoms with Crippen molar-refractivity contribution < 1.29 is 27.7 Å². The highest BCUT2D eigenvalue weighted by Gasteiger charge is 2.39. The molecule has 1 atom stereocenters. The highest BCUT2D eigenvalue weighted by molar-refractivity contribution is 7.92. The molecule has 12 heteroatoms. The second-order valence-electron chi connectivity index (χ2n) is 11.6.